The molecule has 0 aliphatic carbocycles. The van der Waals surface area contributed by atoms with Gasteiger partial charge in [-0.05, 0) is 6.92 Å². The molecule has 0 rings (SSSR count). The number of hydrogen-bond donors (Lipinski definition) is 1. The summed E-state index contributed by atoms with van der Waals surface area (Å²) in [7, 11) is 0. The van der Waals surface area contributed by atoms with Gasteiger partial charge in [0.05, 0.1) is 0 Å². The summed E-state index contributed by atoms with van der Waals surface area (Å²) < 4.78 is 0. The van der Waals surface area contributed by atoms with Crippen LogP contribution in [-0.4, -0.2) is 29.2 Å². The van der Waals surface area contributed by atoms with E-state index in [1.807, 2.05) is 0 Å². The maximum atomic E-state index is 11.2. The van der Waals surface area contributed by atoms with Gasteiger partial charge in [-0.15, -0.1) is 0 Å². The fourth-order valence-electron chi connectivity index (χ4n) is 1.35. The third-order valence-electron chi connectivity index (χ3n) is 2.51. The van der Waals surface area contributed by atoms with E-state index < -0.39 is 10.5 Å². The summed E-state index contributed by atoms with van der Waals surface area (Å²) in [4.78, 5) is 31.8. The molecule has 0 bridgehead atoms. The third-order valence-corrected chi connectivity index (χ3v) is 2.51. The summed E-state index contributed by atoms with van der Waals surface area (Å²) in [6, 6.07) is 0. The first-order chi connectivity index (χ1) is 7.46. The van der Waals surface area contributed by atoms with E-state index in [-0.39, 0.29) is 31.6 Å². The Morgan fingerprint density at radius 1 is 1.50 bits per heavy atom. The van der Waals surface area contributed by atoms with E-state index in [0.717, 1.165) is 0 Å². The van der Waals surface area contributed by atoms with Crippen molar-refractivity contribution < 1.29 is 14.5 Å². The van der Waals surface area contributed by atoms with Crippen LogP contribution < -0.4 is 5.32 Å². The molecule has 0 aromatic carbocycles. The van der Waals surface area contributed by atoms with Crippen molar-refractivity contribution in [3.8, 4) is 0 Å². The van der Waals surface area contributed by atoms with Gasteiger partial charge in [0.15, 0.2) is 0 Å². The van der Waals surface area contributed by atoms with Gasteiger partial charge in [-0.25, -0.2) is 0 Å². The maximum Gasteiger partial charge on any atom is 0.220 e. The second-order valence-electron chi connectivity index (χ2n) is 3.91. The van der Waals surface area contributed by atoms with Gasteiger partial charge >= 0.3 is 0 Å². The number of rotatable bonds is 8. The van der Waals surface area contributed by atoms with Gasteiger partial charge < -0.3 is 10.1 Å². The van der Waals surface area contributed by atoms with Gasteiger partial charge in [-0.3, -0.25) is 14.9 Å². The molecule has 1 N–H and O–H groups in total. The summed E-state index contributed by atoms with van der Waals surface area (Å²) >= 11 is 0. The molecular weight excluding hydrogens is 212 g/mol. The maximum absolute atomic E-state index is 11.2. The van der Waals surface area contributed by atoms with Crippen molar-refractivity contribution in [3.05, 3.63) is 10.1 Å². The Bertz CT molecular complexity index is 268. The molecule has 1 unspecified atom stereocenters. The first-order valence-corrected chi connectivity index (χ1v) is 5.31. The van der Waals surface area contributed by atoms with Gasteiger partial charge in [0, 0.05) is 44.1 Å². The smallest absolute Gasteiger partial charge is 0.220 e. The molecule has 0 aliphatic heterocycles. The lowest BCUT2D eigenvalue weighted by Gasteiger charge is -2.19. The number of carbonyl (C=O) groups is 2. The lowest BCUT2D eigenvalue weighted by Crippen LogP contribution is -2.36. The number of nitro groups is 1. The highest BCUT2D eigenvalue weighted by Gasteiger charge is 2.36. The molecule has 0 saturated carbocycles. The van der Waals surface area contributed by atoms with Crippen molar-refractivity contribution in [2.24, 2.45) is 0 Å². The third kappa shape index (κ3) is 4.86. The second-order valence-corrected chi connectivity index (χ2v) is 3.91. The highest BCUT2D eigenvalue weighted by atomic mass is 16.6. The number of hydrogen-bond acceptors (Lipinski definition) is 4. The molecule has 0 heterocycles. The molecule has 0 saturated heterocycles. The highest BCUT2D eigenvalue weighted by Crippen LogP contribution is 2.22. The first kappa shape index (κ1) is 14.5. The Morgan fingerprint density at radius 2 is 2.12 bits per heavy atom. The van der Waals surface area contributed by atoms with E-state index in [1.165, 1.54) is 6.92 Å². The summed E-state index contributed by atoms with van der Waals surface area (Å²) in [5.41, 5.74) is -1.19. The minimum Gasteiger partial charge on any atom is -0.356 e. The normalized spacial score (nSPS) is 13.9. The van der Waals surface area contributed by atoms with Crippen LogP contribution in [0.25, 0.3) is 0 Å². The summed E-state index contributed by atoms with van der Waals surface area (Å²) in [5.74, 6) is -0.193. The molecule has 0 aromatic rings. The van der Waals surface area contributed by atoms with E-state index in [4.69, 9.17) is 0 Å². The largest absolute Gasteiger partial charge is 0.356 e. The molecule has 0 aliphatic rings. The van der Waals surface area contributed by atoms with E-state index in [9.17, 15) is 19.7 Å². The van der Waals surface area contributed by atoms with Crippen molar-refractivity contribution in [3.63, 3.8) is 0 Å². The Balaban J connectivity index is 4.27. The van der Waals surface area contributed by atoms with Crippen LogP contribution in [0.5, 0.6) is 0 Å². The van der Waals surface area contributed by atoms with Crippen LogP contribution in [0, 0.1) is 10.1 Å². The van der Waals surface area contributed by atoms with Gasteiger partial charge in [0.1, 0.15) is 6.29 Å². The lowest BCUT2D eigenvalue weighted by molar-refractivity contribution is -0.567. The van der Waals surface area contributed by atoms with Crippen molar-refractivity contribution in [2.75, 3.05) is 6.54 Å². The van der Waals surface area contributed by atoms with Crippen molar-refractivity contribution in [1.29, 1.82) is 0 Å². The predicted octanol–water partition coefficient (Wildman–Crippen LogP) is 0.917. The molecule has 1 atom stereocenters. The fourth-order valence-corrected chi connectivity index (χ4v) is 1.35. The number of nitrogens with one attached hydrogen (secondary N) is 1. The molecule has 0 fully saturated rings. The number of nitrogens with zero attached hydrogens (tertiary/aromatic N) is 1. The lowest BCUT2D eigenvalue weighted by atomic mass is 9.91. The Hall–Kier alpha value is -1.46. The average Bonchev–Trinajstić information content (AvgIpc) is 2.24. The summed E-state index contributed by atoms with van der Waals surface area (Å²) in [5, 5.41) is 13.4. The highest BCUT2D eigenvalue weighted by molar-refractivity contribution is 5.75. The van der Waals surface area contributed by atoms with E-state index in [1.54, 1.807) is 6.92 Å². The first-order valence-electron chi connectivity index (χ1n) is 5.31. The van der Waals surface area contributed by atoms with Crippen molar-refractivity contribution in [2.45, 2.75) is 45.1 Å². The summed E-state index contributed by atoms with van der Waals surface area (Å²) in [6.45, 7) is 3.77. The van der Waals surface area contributed by atoms with E-state index in [0.29, 0.717) is 12.8 Å². The van der Waals surface area contributed by atoms with Crippen molar-refractivity contribution in [1.82, 2.24) is 5.32 Å². The zero-order chi connectivity index (χ0) is 12.6. The van der Waals surface area contributed by atoms with E-state index in [2.05, 4.69) is 5.32 Å². The predicted molar refractivity (Wildman–Crippen MR) is 58.6 cm³/mol. The SMILES string of the molecule is CCNC(=O)CCC(C)(CCC=O)[N+](=O)[O-]. The van der Waals surface area contributed by atoms with Crippen LogP contribution >= 0.6 is 0 Å². The number of aldehydes is 1. The molecule has 0 spiro atoms. The second kappa shape index (κ2) is 6.92. The molecule has 0 radical (unpaired) electrons. The van der Waals surface area contributed by atoms with Gasteiger partial charge in [0.2, 0.25) is 11.4 Å². The molecule has 92 valence electrons. The standard InChI is InChI=1S/C10H18N2O4/c1-3-11-9(14)5-7-10(2,12(15)16)6-4-8-13/h8H,3-7H2,1-2H3,(H,11,14). The summed E-state index contributed by atoms with van der Waals surface area (Å²) in [6.07, 6.45) is 1.24. The molecule has 0 aromatic heterocycles. The molecular formula is C10H18N2O4. The molecule has 1 amide bonds. The van der Waals surface area contributed by atoms with Crippen LogP contribution in [0.1, 0.15) is 39.5 Å². The van der Waals surface area contributed by atoms with Crippen LogP contribution in [-0.2, 0) is 9.59 Å². The topological polar surface area (TPSA) is 89.3 Å². The Morgan fingerprint density at radius 3 is 2.56 bits per heavy atom. The number of amides is 1. The van der Waals surface area contributed by atoms with E-state index >= 15 is 0 Å². The minimum atomic E-state index is -1.19. The van der Waals surface area contributed by atoms with Crippen LogP contribution in [0.4, 0.5) is 0 Å². The van der Waals surface area contributed by atoms with Crippen LogP contribution in [0.3, 0.4) is 0 Å². The van der Waals surface area contributed by atoms with Gasteiger partial charge in [-0.1, -0.05) is 0 Å². The van der Waals surface area contributed by atoms with Gasteiger partial charge in [-0.2, -0.15) is 0 Å². The average molecular weight is 230 g/mol. The molecule has 16 heavy (non-hydrogen) atoms. The van der Waals surface area contributed by atoms with Crippen LogP contribution in [0.15, 0.2) is 0 Å². The minimum absolute atomic E-state index is 0.115. The fraction of sp³-hybridized carbons (Fsp3) is 0.800. The quantitative estimate of drug-likeness (QED) is 0.381. The molecule has 6 heteroatoms. The Kier molecular flexibility index (Phi) is 6.29. The zero-order valence-electron chi connectivity index (χ0n) is 9.69. The van der Waals surface area contributed by atoms with Crippen molar-refractivity contribution >= 4 is 12.2 Å². The van der Waals surface area contributed by atoms with Crippen LogP contribution in [0.2, 0.25) is 0 Å². The molecule has 6 nitrogen and oxygen atoms in total. The zero-order valence-corrected chi connectivity index (χ0v) is 9.69. The van der Waals surface area contributed by atoms with Gasteiger partial charge in [0.25, 0.3) is 0 Å². The number of carbonyl (C=O) groups excluding carboxylic acids is 2. The monoisotopic (exact) mass is 230 g/mol. The Labute approximate surface area is 94.5 Å².